The van der Waals surface area contributed by atoms with Crippen molar-refractivity contribution in [1.29, 1.82) is 0 Å². The Morgan fingerprint density at radius 2 is 2.22 bits per heavy atom. The molecule has 0 amide bonds. The average Bonchev–Trinajstić information content (AvgIpc) is 3.14. The lowest BCUT2D eigenvalue weighted by Crippen LogP contribution is -2.16. The Bertz CT molecular complexity index is 561. The summed E-state index contributed by atoms with van der Waals surface area (Å²) in [5.41, 5.74) is 8.73. The zero-order valence-corrected chi connectivity index (χ0v) is 10.7. The van der Waals surface area contributed by atoms with Crippen LogP contribution >= 0.6 is 0 Å². The largest absolute Gasteiger partial charge is 0.397 e. The Morgan fingerprint density at radius 3 is 3.00 bits per heavy atom. The molecule has 1 aromatic carbocycles. The summed E-state index contributed by atoms with van der Waals surface area (Å²) in [7, 11) is 0. The zero-order chi connectivity index (χ0) is 12.5. The van der Waals surface area contributed by atoms with Gasteiger partial charge in [-0.25, -0.2) is 0 Å². The predicted octanol–water partition coefficient (Wildman–Crippen LogP) is 3.42. The maximum Gasteiger partial charge on any atom is 0.0951 e. The third kappa shape index (κ3) is 2.26. The van der Waals surface area contributed by atoms with Gasteiger partial charge < -0.3 is 11.1 Å². The molecule has 3 rings (SSSR count). The predicted molar refractivity (Wildman–Crippen MR) is 76.6 cm³/mol. The number of nitrogen functional groups attached to an aromatic ring is 1. The van der Waals surface area contributed by atoms with Gasteiger partial charge in [0.05, 0.1) is 11.2 Å². The van der Waals surface area contributed by atoms with Gasteiger partial charge >= 0.3 is 0 Å². The van der Waals surface area contributed by atoms with Crippen molar-refractivity contribution in [1.82, 2.24) is 4.98 Å². The molecule has 1 fully saturated rings. The van der Waals surface area contributed by atoms with E-state index in [1.807, 2.05) is 24.4 Å². The van der Waals surface area contributed by atoms with Crippen molar-refractivity contribution in [3.05, 3.63) is 30.5 Å². The Hall–Kier alpha value is -1.77. The van der Waals surface area contributed by atoms with Gasteiger partial charge in [0.1, 0.15) is 0 Å². The number of anilines is 2. The van der Waals surface area contributed by atoms with Crippen LogP contribution in [0.5, 0.6) is 0 Å². The summed E-state index contributed by atoms with van der Waals surface area (Å²) in [5, 5.41) is 4.70. The molecule has 18 heavy (non-hydrogen) atoms. The van der Waals surface area contributed by atoms with E-state index in [9.17, 15) is 0 Å². The Kier molecular flexibility index (Phi) is 2.82. The van der Waals surface area contributed by atoms with Crippen molar-refractivity contribution in [2.75, 3.05) is 11.1 Å². The van der Waals surface area contributed by atoms with Crippen LogP contribution in [0.25, 0.3) is 10.9 Å². The number of para-hydroxylation sites is 1. The topological polar surface area (TPSA) is 50.9 Å². The molecule has 94 valence electrons. The fourth-order valence-corrected chi connectivity index (χ4v) is 2.50. The highest BCUT2D eigenvalue weighted by Gasteiger charge is 2.23. The van der Waals surface area contributed by atoms with Gasteiger partial charge in [0.2, 0.25) is 0 Å². The fourth-order valence-electron chi connectivity index (χ4n) is 2.50. The fraction of sp³-hybridized carbons (Fsp3) is 0.400. The Morgan fingerprint density at radius 1 is 1.39 bits per heavy atom. The molecule has 1 aliphatic carbocycles. The molecule has 3 nitrogen and oxygen atoms in total. The monoisotopic (exact) mass is 241 g/mol. The number of aromatic nitrogens is 1. The first kappa shape index (κ1) is 11.3. The van der Waals surface area contributed by atoms with Crippen LogP contribution < -0.4 is 11.1 Å². The van der Waals surface area contributed by atoms with Gasteiger partial charge in [0.15, 0.2) is 0 Å². The van der Waals surface area contributed by atoms with Crippen LogP contribution in [0.2, 0.25) is 0 Å². The van der Waals surface area contributed by atoms with Gasteiger partial charge in [-0.05, 0) is 31.4 Å². The highest BCUT2D eigenvalue weighted by Crippen LogP contribution is 2.34. The maximum absolute atomic E-state index is 5.96. The SMILES string of the molecule is CC(CC1CC1)Nc1ccnc2c(N)cccc12. The summed E-state index contributed by atoms with van der Waals surface area (Å²) in [6, 6.07) is 8.49. The van der Waals surface area contributed by atoms with Crippen LogP contribution in [-0.4, -0.2) is 11.0 Å². The van der Waals surface area contributed by atoms with Gasteiger partial charge in [0, 0.05) is 23.3 Å². The quantitative estimate of drug-likeness (QED) is 0.806. The van der Waals surface area contributed by atoms with E-state index < -0.39 is 0 Å². The number of pyridine rings is 1. The number of hydrogen-bond acceptors (Lipinski definition) is 3. The van der Waals surface area contributed by atoms with Crippen LogP contribution in [0.15, 0.2) is 30.5 Å². The highest BCUT2D eigenvalue weighted by atomic mass is 14.9. The van der Waals surface area contributed by atoms with Gasteiger partial charge in [-0.15, -0.1) is 0 Å². The lowest BCUT2D eigenvalue weighted by molar-refractivity contribution is 0.643. The van der Waals surface area contributed by atoms with Crippen LogP contribution in [-0.2, 0) is 0 Å². The lowest BCUT2D eigenvalue weighted by Gasteiger charge is -2.16. The zero-order valence-electron chi connectivity index (χ0n) is 10.7. The molecule has 0 saturated heterocycles. The van der Waals surface area contributed by atoms with Crippen LogP contribution in [0.1, 0.15) is 26.2 Å². The number of nitrogens with two attached hydrogens (primary N) is 1. The molecular formula is C15H19N3. The maximum atomic E-state index is 5.96. The van der Waals surface area contributed by atoms with E-state index in [1.54, 1.807) is 0 Å². The number of hydrogen-bond donors (Lipinski definition) is 2. The van der Waals surface area contributed by atoms with E-state index in [4.69, 9.17) is 5.73 Å². The first-order valence-corrected chi connectivity index (χ1v) is 6.64. The average molecular weight is 241 g/mol. The summed E-state index contributed by atoms with van der Waals surface area (Å²) in [6.07, 6.45) is 5.88. The van der Waals surface area contributed by atoms with Crippen LogP contribution in [0.4, 0.5) is 11.4 Å². The molecular weight excluding hydrogens is 222 g/mol. The van der Waals surface area contributed by atoms with E-state index in [1.165, 1.54) is 19.3 Å². The molecule has 0 radical (unpaired) electrons. The number of benzene rings is 1. The van der Waals surface area contributed by atoms with Crippen molar-refractivity contribution in [2.24, 2.45) is 5.92 Å². The molecule has 1 heterocycles. The number of nitrogens with zero attached hydrogens (tertiary/aromatic N) is 1. The molecule has 2 aromatic rings. The van der Waals surface area contributed by atoms with Crippen molar-refractivity contribution in [2.45, 2.75) is 32.2 Å². The van der Waals surface area contributed by atoms with Gasteiger partial charge in [0.25, 0.3) is 0 Å². The number of rotatable bonds is 4. The minimum Gasteiger partial charge on any atom is -0.397 e. The molecule has 1 atom stereocenters. The third-order valence-electron chi connectivity index (χ3n) is 3.59. The molecule has 3 N–H and O–H groups in total. The van der Waals surface area contributed by atoms with Crippen LogP contribution in [0.3, 0.4) is 0 Å². The van der Waals surface area contributed by atoms with Crippen molar-refractivity contribution in [3.8, 4) is 0 Å². The smallest absolute Gasteiger partial charge is 0.0951 e. The molecule has 0 aliphatic heterocycles. The van der Waals surface area contributed by atoms with E-state index in [0.29, 0.717) is 6.04 Å². The molecule has 0 spiro atoms. The van der Waals surface area contributed by atoms with Crippen molar-refractivity contribution in [3.63, 3.8) is 0 Å². The molecule has 1 unspecified atom stereocenters. The lowest BCUT2D eigenvalue weighted by atomic mass is 10.1. The molecule has 0 bridgehead atoms. The molecule has 1 aliphatic rings. The molecule has 1 saturated carbocycles. The summed E-state index contributed by atoms with van der Waals surface area (Å²) in [5.74, 6) is 0.936. The Labute approximate surface area is 107 Å². The van der Waals surface area contributed by atoms with E-state index >= 15 is 0 Å². The summed E-state index contributed by atoms with van der Waals surface area (Å²) < 4.78 is 0. The molecule has 3 heteroatoms. The third-order valence-corrected chi connectivity index (χ3v) is 3.59. The van der Waals surface area contributed by atoms with Crippen LogP contribution in [0, 0.1) is 5.92 Å². The normalized spacial score (nSPS) is 16.7. The van der Waals surface area contributed by atoms with E-state index in [-0.39, 0.29) is 0 Å². The first-order valence-electron chi connectivity index (χ1n) is 6.64. The molecule has 1 aromatic heterocycles. The number of nitrogens with one attached hydrogen (secondary N) is 1. The summed E-state index contributed by atoms with van der Waals surface area (Å²) in [4.78, 5) is 4.36. The second kappa shape index (κ2) is 4.48. The van der Waals surface area contributed by atoms with Gasteiger partial charge in [-0.1, -0.05) is 25.0 Å². The Balaban J connectivity index is 1.88. The number of fused-ring (bicyclic) bond motifs is 1. The van der Waals surface area contributed by atoms with E-state index in [2.05, 4.69) is 23.3 Å². The minimum atomic E-state index is 0.504. The van der Waals surface area contributed by atoms with Crippen molar-refractivity contribution >= 4 is 22.3 Å². The second-order valence-electron chi connectivity index (χ2n) is 5.33. The van der Waals surface area contributed by atoms with Crippen molar-refractivity contribution < 1.29 is 0 Å². The van der Waals surface area contributed by atoms with Gasteiger partial charge in [-0.3, -0.25) is 4.98 Å². The van der Waals surface area contributed by atoms with E-state index in [0.717, 1.165) is 28.2 Å². The first-order chi connectivity index (χ1) is 8.74. The standard InChI is InChI=1S/C15H19N3/c1-10(9-11-5-6-11)18-14-7-8-17-15-12(14)3-2-4-13(15)16/h2-4,7-8,10-11H,5-6,9,16H2,1H3,(H,17,18). The highest BCUT2D eigenvalue weighted by molar-refractivity contribution is 5.97. The minimum absolute atomic E-state index is 0.504. The summed E-state index contributed by atoms with van der Waals surface area (Å²) in [6.45, 7) is 2.25. The summed E-state index contributed by atoms with van der Waals surface area (Å²) >= 11 is 0. The second-order valence-corrected chi connectivity index (χ2v) is 5.33. The van der Waals surface area contributed by atoms with Gasteiger partial charge in [-0.2, -0.15) is 0 Å².